The van der Waals surface area contributed by atoms with Crippen LogP contribution in [0.3, 0.4) is 0 Å². The molecule has 3 aromatic rings. The van der Waals surface area contributed by atoms with Crippen molar-refractivity contribution in [3.8, 4) is 0 Å². The average Bonchev–Trinajstić information content (AvgIpc) is 2.93. The molecule has 2 aromatic heterocycles. The third kappa shape index (κ3) is 2.55. The first-order valence-corrected chi connectivity index (χ1v) is 7.48. The van der Waals surface area contributed by atoms with Crippen LogP contribution in [0, 0.1) is 5.41 Å². The summed E-state index contributed by atoms with van der Waals surface area (Å²) in [5, 5.41) is 12.6. The zero-order valence-corrected chi connectivity index (χ0v) is 12.2. The van der Waals surface area contributed by atoms with Crippen molar-refractivity contribution in [2.45, 2.75) is 5.03 Å². The highest BCUT2D eigenvalue weighted by Gasteiger charge is 2.08. The second-order valence-corrected chi connectivity index (χ2v) is 5.28. The van der Waals surface area contributed by atoms with Crippen LogP contribution in [0.25, 0.3) is 11.0 Å². The van der Waals surface area contributed by atoms with Crippen LogP contribution < -0.4 is 11.1 Å². The van der Waals surface area contributed by atoms with Gasteiger partial charge in [0, 0.05) is 23.2 Å². The Hall–Kier alpha value is -2.54. The smallest absolute Gasteiger partial charge is 0.143 e. The molecular weight excluding hydrogens is 284 g/mol. The molecule has 0 aliphatic heterocycles. The number of benzene rings is 1. The number of hydrogen-bond acceptors (Lipinski definition) is 6. The van der Waals surface area contributed by atoms with E-state index < -0.39 is 0 Å². The zero-order chi connectivity index (χ0) is 14.8. The van der Waals surface area contributed by atoms with E-state index >= 15 is 0 Å². The number of thioether (sulfide) groups is 1. The molecule has 0 fully saturated rings. The van der Waals surface area contributed by atoms with Crippen LogP contribution in [0.5, 0.6) is 0 Å². The lowest BCUT2D eigenvalue weighted by Gasteiger charge is -2.08. The number of hydrogen-bond donors (Lipinski definition) is 4. The van der Waals surface area contributed by atoms with Crippen molar-refractivity contribution in [2.75, 3.05) is 17.3 Å². The maximum atomic E-state index is 7.35. The number of fused-ring (bicyclic) bond motifs is 1. The number of nitrogens with one attached hydrogen (secondary N) is 3. The van der Waals surface area contributed by atoms with E-state index in [1.165, 1.54) is 12.5 Å². The first-order chi connectivity index (χ1) is 10.2. The number of H-pyrrole nitrogens is 1. The highest BCUT2D eigenvalue weighted by molar-refractivity contribution is 7.98. The zero-order valence-electron chi connectivity index (χ0n) is 11.3. The van der Waals surface area contributed by atoms with Crippen LogP contribution >= 0.6 is 11.8 Å². The van der Waals surface area contributed by atoms with E-state index in [1.807, 2.05) is 24.5 Å². The van der Waals surface area contributed by atoms with E-state index in [1.54, 1.807) is 17.8 Å². The molecule has 7 heteroatoms. The van der Waals surface area contributed by atoms with Crippen molar-refractivity contribution in [3.05, 3.63) is 36.2 Å². The van der Waals surface area contributed by atoms with E-state index in [-0.39, 0.29) is 0 Å². The molecule has 0 amide bonds. The van der Waals surface area contributed by atoms with Crippen LogP contribution in [-0.2, 0) is 0 Å². The number of nitrogens with two attached hydrogens (primary N) is 1. The summed E-state index contributed by atoms with van der Waals surface area (Å²) in [6, 6.07) is 7.46. The van der Waals surface area contributed by atoms with Gasteiger partial charge in [-0.25, -0.2) is 9.97 Å². The molecule has 0 saturated carbocycles. The van der Waals surface area contributed by atoms with E-state index in [2.05, 4.69) is 20.3 Å². The standard InChI is InChI=1S/C14H14N6S/c1-21-12-5-10-13(17-7-18-14(10)20-12)19-9-2-3-11(16)8(4-9)6-15/h2-7,15H,16H2,1H3,(H2,17,18,19,20). The van der Waals surface area contributed by atoms with E-state index in [0.29, 0.717) is 11.3 Å². The van der Waals surface area contributed by atoms with Crippen molar-refractivity contribution >= 4 is 46.2 Å². The maximum Gasteiger partial charge on any atom is 0.143 e. The monoisotopic (exact) mass is 298 g/mol. The first kappa shape index (κ1) is 13.4. The summed E-state index contributed by atoms with van der Waals surface area (Å²) in [5.74, 6) is 0.720. The number of aromatic amines is 1. The molecule has 0 spiro atoms. The SMILES string of the molecule is CSc1cc2c(Nc3ccc(N)c(C=N)c3)ncnc2[nH]1. The lowest BCUT2D eigenvalue weighted by atomic mass is 10.1. The van der Waals surface area contributed by atoms with Gasteiger partial charge in [-0.2, -0.15) is 0 Å². The van der Waals surface area contributed by atoms with Gasteiger partial charge in [0.15, 0.2) is 0 Å². The van der Waals surface area contributed by atoms with Crippen molar-refractivity contribution < 1.29 is 0 Å². The van der Waals surface area contributed by atoms with Gasteiger partial charge in [0.25, 0.3) is 0 Å². The summed E-state index contributed by atoms with van der Waals surface area (Å²) < 4.78 is 0. The summed E-state index contributed by atoms with van der Waals surface area (Å²) in [6.45, 7) is 0. The molecule has 0 aliphatic rings. The fraction of sp³-hybridized carbons (Fsp3) is 0.0714. The summed E-state index contributed by atoms with van der Waals surface area (Å²) in [4.78, 5) is 11.7. The molecule has 3 rings (SSSR count). The fourth-order valence-corrected chi connectivity index (χ4v) is 2.47. The third-order valence-corrected chi connectivity index (χ3v) is 3.79. The third-order valence-electron chi connectivity index (χ3n) is 3.13. The first-order valence-electron chi connectivity index (χ1n) is 6.26. The quantitative estimate of drug-likeness (QED) is 0.337. The molecule has 0 bridgehead atoms. The molecule has 0 unspecified atom stereocenters. The van der Waals surface area contributed by atoms with Crippen molar-refractivity contribution in [1.82, 2.24) is 15.0 Å². The Balaban J connectivity index is 2.01. The molecule has 0 radical (unpaired) electrons. The number of anilines is 3. The predicted octanol–water partition coefficient (Wildman–Crippen LogP) is 3.00. The Morgan fingerprint density at radius 3 is 2.95 bits per heavy atom. The van der Waals surface area contributed by atoms with Gasteiger partial charge in [0.1, 0.15) is 17.8 Å². The maximum absolute atomic E-state index is 7.35. The molecule has 6 nitrogen and oxygen atoms in total. The largest absolute Gasteiger partial charge is 0.398 e. The minimum atomic E-state index is 0.578. The second kappa shape index (κ2) is 5.45. The highest BCUT2D eigenvalue weighted by atomic mass is 32.2. The average molecular weight is 298 g/mol. The van der Waals surface area contributed by atoms with Gasteiger partial charge in [0.05, 0.1) is 10.4 Å². The summed E-state index contributed by atoms with van der Waals surface area (Å²) in [6.07, 6.45) is 4.75. The van der Waals surface area contributed by atoms with E-state index in [9.17, 15) is 0 Å². The Labute approximate surface area is 125 Å². The number of aromatic nitrogens is 3. The minimum Gasteiger partial charge on any atom is -0.398 e. The van der Waals surface area contributed by atoms with Gasteiger partial charge >= 0.3 is 0 Å². The van der Waals surface area contributed by atoms with Crippen molar-refractivity contribution in [1.29, 1.82) is 5.41 Å². The van der Waals surface area contributed by atoms with Gasteiger partial charge in [-0.05, 0) is 30.5 Å². The van der Waals surface area contributed by atoms with Crippen molar-refractivity contribution in [3.63, 3.8) is 0 Å². The molecule has 1 aromatic carbocycles. The molecule has 2 heterocycles. The van der Waals surface area contributed by atoms with Gasteiger partial charge in [-0.15, -0.1) is 11.8 Å². The van der Waals surface area contributed by atoms with Crippen LogP contribution in [0.15, 0.2) is 35.6 Å². The minimum absolute atomic E-state index is 0.578. The number of nitrogen functional groups attached to an aromatic ring is 1. The van der Waals surface area contributed by atoms with Gasteiger partial charge in [-0.1, -0.05) is 0 Å². The molecule has 5 N–H and O–H groups in total. The summed E-state index contributed by atoms with van der Waals surface area (Å²) in [7, 11) is 0. The predicted molar refractivity (Wildman–Crippen MR) is 87.7 cm³/mol. The van der Waals surface area contributed by atoms with Gasteiger partial charge < -0.3 is 21.4 Å². The Kier molecular flexibility index (Phi) is 3.49. The second-order valence-electron chi connectivity index (χ2n) is 4.44. The Bertz CT molecular complexity index is 810. The molecule has 0 atom stereocenters. The van der Waals surface area contributed by atoms with E-state index in [4.69, 9.17) is 11.1 Å². The summed E-state index contributed by atoms with van der Waals surface area (Å²) in [5.41, 5.74) is 8.66. The molecule has 106 valence electrons. The molecule has 0 aliphatic carbocycles. The summed E-state index contributed by atoms with van der Waals surface area (Å²) >= 11 is 1.62. The van der Waals surface area contributed by atoms with Crippen LogP contribution in [0.1, 0.15) is 5.56 Å². The van der Waals surface area contributed by atoms with Gasteiger partial charge in [-0.3, -0.25) is 0 Å². The number of nitrogens with zero attached hydrogens (tertiary/aromatic N) is 2. The topological polar surface area (TPSA) is 103 Å². The highest BCUT2D eigenvalue weighted by Crippen LogP contribution is 2.27. The van der Waals surface area contributed by atoms with Crippen LogP contribution in [0.2, 0.25) is 0 Å². The molecule has 21 heavy (non-hydrogen) atoms. The Morgan fingerprint density at radius 1 is 1.33 bits per heavy atom. The van der Waals surface area contributed by atoms with Crippen LogP contribution in [-0.4, -0.2) is 27.4 Å². The lowest BCUT2D eigenvalue weighted by Crippen LogP contribution is -1.98. The number of rotatable bonds is 4. The molecule has 0 saturated heterocycles. The lowest BCUT2D eigenvalue weighted by molar-refractivity contribution is 1.16. The normalized spacial score (nSPS) is 10.7. The van der Waals surface area contributed by atoms with Gasteiger partial charge in [0.2, 0.25) is 0 Å². The van der Waals surface area contributed by atoms with E-state index in [0.717, 1.165) is 27.6 Å². The van der Waals surface area contributed by atoms with Crippen molar-refractivity contribution in [2.24, 2.45) is 0 Å². The van der Waals surface area contributed by atoms with Crippen LogP contribution in [0.4, 0.5) is 17.2 Å². The Morgan fingerprint density at radius 2 is 2.19 bits per heavy atom. The molecular formula is C14H14N6S. The fourth-order valence-electron chi connectivity index (χ4n) is 2.04.